The van der Waals surface area contributed by atoms with Gasteiger partial charge in [0.1, 0.15) is 11.6 Å². The zero-order valence-electron chi connectivity index (χ0n) is 11.3. The van der Waals surface area contributed by atoms with Gasteiger partial charge in [0, 0.05) is 18.4 Å². The Bertz CT molecular complexity index is 356. The molecule has 0 heterocycles. The van der Waals surface area contributed by atoms with Crippen LogP contribution >= 0.6 is 0 Å². The Balaban J connectivity index is 2.72. The number of amides is 1. The van der Waals surface area contributed by atoms with Crippen LogP contribution in [0.15, 0.2) is 0 Å². The first kappa shape index (κ1) is 14.9. The molecule has 6 nitrogen and oxygen atoms in total. The van der Waals surface area contributed by atoms with Crippen molar-refractivity contribution in [2.45, 2.75) is 51.8 Å². The zero-order valence-corrected chi connectivity index (χ0v) is 11.3. The van der Waals surface area contributed by atoms with Gasteiger partial charge >= 0.3 is 5.97 Å². The van der Waals surface area contributed by atoms with Crippen LogP contribution in [0.25, 0.3) is 0 Å². The Morgan fingerprint density at radius 2 is 2.11 bits per heavy atom. The van der Waals surface area contributed by atoms with Crippen LogP contribution in [0.3, 0.4) is 0 Å². The van der Waals surface area contributed by atoms with Gasteiger partial charge in [0.05, 0.1) is 6.10 Å². The van der Waals surface area contributed by atoms with Gasteiger partial charge in [-0.3, -0.25) is 9.59 Å². The summed E-state index contributed by atoms with van der Waals surface area (Å²) in [5, 5.41) is 11.2. The molecular formula is C12H22N2O4. The van der Waals surface area contributed by atoms with Crippen molar-refractivity contribution >= 4 is 11.9 Å². The highest BCUT2D eigenvalue weighted by Crippen LogP contribution is 2.49. The first-order valence-corrected chi connectivity index (χ1v) is 6.11. The molecular weight excluding hydrogens is 236 g/mol. The van der Waals surface area contributed by atoms with E-state index in [1.165, 1.54) is 6.92 Å². The molecule has 104 valence electrons. The molecule has 1 amide bonds. The lowest BCUT2D eigenvalue weighted by molar-refractivity contribution is -0.172. The molecule has 3 atom stereocenters. The normalized spacial score (nSPS) is 31.3. The molecule has 1 saturated carbocycles. The Hall–Kier alpha value is -1.14. The van der Waals surface area contributed by atoms with E-state index in [-0.39, 0.29) is 6.10 Å². The van der Waals surface area contributed by atoms with Crippen LogP contribution in [-0.2, 0) is 14.3 Å². The molecule has 0 aromatic rings. The Kier molecular flexibility index (Phi) is 4.02. The maximum Gasteiger partial charge on any atom is 0.325 e. The van der Waals surface area contributed by atoms with E-state index in [9.17, 15) is 9.59 Å². The fourth-order valence-corrected chi connectivity index (χ4v) is 2.21. The summed E-state index contributed by atoms with van der Waals surface area (Å²) in [6.45, 7) is 7.59. The topological polar surface area (TPSA) is 102 Å². The molecule has 0 spiro atoms. The lowest BCUT2D eigenvalue weighted by atomic mass is 9.54. The zero-order chi connectivity index (χ0) is 14.1. The second-order valence-electron chi connectivity index (χ2n) is 5.37. The first-order chi connectivity index (χ1) is 8.16. The Morgan fingerprint density at radius 1 is 1.56 bits per heavy atom. The van der Waals surface area contributed by atoms with E-state index in [4.69, 9.17) is 15.6 Å². The van der Waals surface area contributed by atoms with Crippen molar-refractivity contribution in [2.24, 2.45) is 11.1 Å². The number of hydrogen-bond donors (Lipinski definition) is 3. The predicted octanol–water partition coefficient (Wildman–Crippen LogP) is 0.108. The van der Waals surface area contributed by atoms with Crippen LogP contribution in [0.4, 0.5) is 0 Å². The van der Waals surface area contributed by atoms with Crippen molar-refractivity contribution in [3.05, 3.63) is 0 Å². The van der Waals surface area contributed by atoms with E-state index in [0.29, 0.717) is 13.0 Å². The van der Waals surface area contributed by atoms with Crippen molar-refractivity contribution in [3.8, 4) is 0 Å². The van der Waals surface area contributed by atoms with Gasteiger partial charge in [-0.05, 0) is 13.8 Å². The summed E-state index contributed by atoms with van der Waals surface area (Å²) in [6, 6.07) is -0.945. The number of hydrogen-bond acceptors (Lipinski definition) is 4. The van der Waals surface area contributed by atoms with Gasteiger partial charge in [-0.1, -0.05) is 13.8 Å². The highest BCUT2D eigenvalue weighted by atomic mass is 16.5. The minimum Gasteiger partial charge on any atom is -0.480 e. The van der Waals surface area contributed by atoms with Crippen LogP contribution in [0.2, 0.25) is 0 Å². The number of carboxylic acid groups (broad SMARTS) is 1. The molecule has 1 aliphatic carbocycles. The molecule has 0 aromatic carbocycles. The summed E-state index contributed by atoms with van der Waals surface area (Å²) in [6.07, 6.45) is 0.338. The van der Waals surface area contributed by atoms with Crippen molar-refractivity contribution in [3.63, 3.8) is 0 Å². The SMILES string of the molecule is CCOC1CC(N)(C(=O)N[C@H](C)C(=O)O)C1(C)C. The quantitative estimate of drug-likeness (QED) is 0.649. The number of ether oxygens (including phenoxy) is 1. The average molecular weight is 258 g/mol. The van der Waals surface area contributed by atoms with Gasteiger partial charge in [-0.2, -0.15) is 0 Å². The average Bonchev–Trinajstić information content (AvgIpc) is 2.28. The van der Waals surface area contributed by atoms with Crippen LogP contribution in [-0.4, -0.2) is 41.3 Å². The van der Waals surface area contributed by atoms with Crippen molar-refractivity contribution in [1.29, 1.82) is 0 Å². The van der Waals surface area contributed by atoms with Crippen LogP contribution in [0, 0.1) is 5.41 Å². The van der Waals surface area contributed by atoms with Gasteiger partial charge in [-0.15, -0.1) is 0 Å². The second kappa shape index (κ2) is 4.85. The van der Waals surface area contributed by atoms with E-state index in [1.807, 2.05) is 20.8 Å². The molecule has 6 heteroatoms. The van der Waals surface area contributed by atoms with E-state index >= 15 is 0 Å². The van der Waals surface area contributed by atoms with Gasteiger partial charge in [-0.25, -0.2) is 0 Å². The monoisotopic (exact) mass is 258 g/mol. The van der Waals surface area contributed by atoms with E-state index < -0.39 is 28.9 Å². The lowest BCUT2D eigenvalue weighted by Crippen LogP contribution is -2.76. The third-order valence-corrected chi connectivity index (χ3v) is 3.95. The molecule has 0 radical (unpaired) electrons. The number of nitrogens with one attached hydrogen (secondary N) is 1. The fraction of sp³-hybridized carbons (Fsp3) is 0.833. The maximum atomic E-state index is 12.1. The minimum absolute atomic E-state index is 0.0709. The third kappa shape index (κ3) is 2.22. The van der Waals surface area contributed by atoms with Crippen molar-refractivity contribution in [2.75, 3.05) is 6.61 Å². The molecule has 0 aliphatic heterocycles. The largest absolute Gasteiger partial charge is 0.480 e. The maximum absolute atomic E-state index is 12.1. The van der Waals surface area contributed by atoms with Crippen molar-refractivity contribution in [1.82, 2.24) is 5.32 Å². The molecule has 18 heavy (non-hydrogen) atoms. The highest BCUT2D eigenvalue weighted by Gasteiger charge is 2.63. The summed E-state index contributed by atoms with van der Waals surface area (Å²) >= 11 is 0. The minimum atomic E-state index is -1.08. The first-order valence-electron chi connectivity index (χ1n) is 6.11. The molecule has 0 saturated heterocycles. The predicted molar refractivity (Wildman–Crippen MR) is 66.0 cm³/mol. The van der Waals surface area contributed by atoms with Gasteiger partial charge < -0.3 is 20.9 Å². The van der Waals surface area contributed by atoms with Crippen molar-refractivity contribution < 1.29 is 19.4 Å². The number of carbonyl (C=O) groups is 2. The number of rotatable bonds is 5. The van der Waals surface area contributed by atoms with E-state index in [0.717, 1.165) is 0 Å². The summed E-state index contributed by atoms with van der Waals surface area (Å²) in [4.78, 5) is 22.8. The molecule has 0 bridgehead atoms. The molecule has 1 aliphatic rings. The molecule has 4 N–H and O–H groups in total. The number of nitrogens with two attached hydrogens (primary N) is 1. The smallest absolute Gasteiger partial charge is 0.325 e. The number of carbonyl (C=O) groups excluding carboxylic acids is 1. The summed E-state index contributed by atoms with van der Waals surface area (Å²) in [7, 11) is 0. The summed E-state index contributed by atoms with van der Waals surface area (Å²) in [5.41, 5.74) is 4.53. The van der Waals surface area contributed by atoms with E-state index in [2.05, 4.69) is 5.32 Å². The fourth-order valence-electron chi connectivity index (χ4n) is 2.21. The lowest BCUT2D eigenvalue weighted by Gasteiger charge is -2.57. The number of aliphatic carboxylic acids is 1. The van der Waals surface area contributed by atoms with Gasteiger partial charge in [0.25, 0.3) is 0 Å². The number of carboxylic acids is 1. The second-order valence-corrected chi connectivity index (χ2v) is 5.37. The molecule has 0 aromatic heterocycles. The standard InChI is InChI=1S/C12H22N2O4/c1-5-18-8-6-12(13,11(8,3)4)10(17)14-7(2)9(15)16/h7-8H,5-6,13H2,1-4H3,(H,14,17)(H,15,16)/t7-,8?,12?/m1/s1. The van der Waals surface area contributed by atoms with Gasteiger partial charge in [0.2, 0.25) is 5.91 Å². The summed E-state index contributed by atoms with van der Waals surface area (Å²) < 4.78 is 5.51. The highest BCUT2D eigenvalue weighted by molar-refractivity contribution is 5.91. The van der Waals surface area contributed by atoms with E-state index in [1.54, 1.807) is 0 Å². The Morgan fingerprint density at radius 3 is 2.50 bits per heavy atom. The molecule has 2 unspecified atom stereocenters. The van der Waals surface area contributed by atoms with Gasteiger partial charge in [0.15, 0.2) is 0 Å². The molecule has 1 rings (SSSR count). The third-order valence-electron chi connectivity index (χ3n) is 3.95. The van der Waals surface area contributed by atoms with Crippen LogP contribution in [0.5, 0.6) is 0 Å². The Labute approximate surface area is 107 Å². The summed E-state index contributed by atoms with van der Waals surface area (Å²) in [5.74, 6) is -1.51. The molecule has 1 fully saturated rings. The van der Waals surface area contributed by atoms with Crippen LogP contribution < -0.4 is 11.1 Å². The van der Waals surface area contributed by atoms with Crippen LogP contribution in [0.1, 0.15) is 34.1 Å².